The molecular formula is C63H127ClNO12S+. The Kier molecular flexibility index (Phi) is 72.4. The zero-order valence-electron chi connectivity index (χ0n) is 51.2. The molecule has 2 N–H and O–H groups in total. The number of thiol groups is 1. The van der Waals surface area contributed by atoms with Crippen molar-refractivity contribution in [1.29, 1.82) is 0 Å². The van der Waals surface area contributed by atoms with Crippen LogP contribution in [0.15, 0.2) is 24.3 Å². The zero-order valence-corrected chi connectivity index (χ0v) is 52.8. The maximum atomic E-state index is 8.82. The summed E-state index contributed by atoms with van der Waals surface area (Å²) in [5, 5.41) is 17.6. The first-order valence-corrected chi connectivity index (χ1v) is 33.2. The van der Waals surface area contributed by atoms with Crippen LogP contribution in [0.25, 0.3) is 0 Å². The van der Waals surface area contributed by atoms with Crippen molar-refractivity contribution in [3.63, 3.8) is 0 Å². The number of aliphatic hydroxyl groups excluding tert-OH is 2. The molecule has 15 heteroatoms. The third kappa shape index (κ3) is 68.1. The molecule has 0 aromatic carbocycles. The number of unbranched alkanes of at least 4 members (excludes halogenated alkanes) is 26. The van der Waals surface area contributed by atoms with Crippen LogP contribution in [0.4, 0.5) is 0 Å². The predicted molar refractivity (Wildman–Crippen MR) is 329 cm³/mol. The van der Waals surface area contributed by atoms with E-state index in [-0.39, 0.29) is 25.6 Å². The summed E-state index contributed by atoms with van der Waals surface area (Å²) in [7, 11) is 9.01. The van der Waals surface area contributed by atoms with E-state index in [1.807, 2.05) is 0 Å². The molecule has 0 rings (SSSR count). The van der Waals surface area contributed by atoms with Crippen molar-refractivity contribution in [2.24, 2.45) is 0 Å². The number of hydrogen-bond acceptors (Lipinski definition) is 13. The van der Waals surface area contributed by atoms with Crippen LogP contribution in [-0.4, -0.2) is 180 Å². The van der Waals surface area contributed by atoms with Gasteiger partial charge in [0.2, 0.25) is 0 Å². The molecule has 0 bridgehead atoms. The minimum atomic E-state index is -0.335. The monoisotopic (exact) mass is 1160 g/mol. The lowest BCUT2D eigenvalue weighted by Gasteiger charge is -2.33. The number of aliphatic hydroxyl groups is 2. The first-order valence-electron chi connectivity index (χ1n) is 31.9. The second-order valence-electron chi connectivity index (χ2n) is 21.4. The van der Waals surface area contributed by atoms with Crippen molar-refractivity contribution in [1.82, 2.24) is 0 Å². The van der Waals surface area contributed by atoms with E-state index < -0.39 is 0 Å². The van der Waals surface area contributed by atoms with Gasteiger partial charge in [0.05, 0.1) is 133 Å². The number of rotatable bonds is 67. The van der Waals surface area contributed by atoms with Crippen LogP contribution in [-0.2, 0) is 47.4 Å². The standard InChI is InChI=1S/C63H126NO12.ClHS/c1-5-7-9-11-13-15-17-19-21-23-25-27-29-31-33-38-44-73-61-62(74-45-39-34-32-30-28-26-24-22-20-18-16-14-12-10-8-6-2)60-64(3,4)41-37-35-36-40-63(75-58-56-71-54-52-69-50-48-67-46-42-65)76-59-57-72-55-53-70-51-49-68-47-43-66;1-2/h19-22,62-63,65-66H,5-18,23-61H2,1-4H3;2H/q+1;/b21-19-,22-20-;. The van der Waals surface area contributed by atoms with Gasteiger partial charge in [0, 0.05) is 13.2 Å². The Hall–Kier alpha value is -0.400. The molecule has 0 spiro atoms. The first-order chi connectivity index (χ1) is 38.5. The van der Waals surface area contributed by atoms with Crippen LogP contribution in [0, 0.1) is 0 Å². The normalized spacial score (nSPS) is 12.5. The van der Waals surface area contributed by atoms with Crippen LogP contribution in [0.1, 0.15) is 219 Å². The van der Waals surface area contributed by atoms with Gasteiger partial charge in [-0.15, -0.1) is 0 Å². The van der Waals surface area contributed by atoms with E-state index in [1.54, 1.807) is 0 Å². The molecule has 0 aliphatic carbocycles. The third-order valence-corrected chi connectivity index (χ3v) is 13.5. The van der Waals surface area contributed by atoms with Crippen molar-refractivity contribution in [3.8, 4) is 0 Å². The van der Waals surface area contributed by atoms with Crippen LogP contribution >= 0.6 is 22.5 Å². The molecule has 0 aliphatic heterocycles. The number of ether oxygens (including phenoxy) is 10. The Morgan fingerprint density at radius 1 is 0.359 bits per heavy atom. The molecule has 78 heavy (non-hydrogen) atoms. The lowest BCUT2D eigenvalue weighted by molar-refractivity contribution is -0.893. The van der Waals surface area contributed by atoms with Crippen LogP contribution in [0.3, 0.4) is 0 Å². The van der Waals surface area contributed by atoms with Crippen LogP contribution in [0.5, 0.6) is 0 Å². The zero-order chi connectivity index (χ0) is 57.0. The van der Waals surface area contributed by atoms with Gasteiger partial charge in [-0.2, -0.15) is 0 Å². The van der Waals surface area contributed by atoms with E-state index in [4.69, 9.17) is 57.6 Å². The molecule has 0 radical (unpaired) electrons. The average Bonchev–Trinajstić information content (AvgIpc) is 3.44. The lowest BCUT2D eigenvalue weighted by atomic mass is 10.1. The van der Waals surface area contributed by atoms with Crippen LogP contribution in [0.2, 0.25) is 0 Å². The Morgan fingerprint density at radius 3 is 1.09 bits per heavy atom. The number of likely N-dealkylation sites (N-methyl/N-ethyl adjacent to an activating group) is 1. The van der Waals surface area contributed by atoms with Gasteiger partial charge >= 0.3 is 0 Å². The number of quaternary nitrogens is 1. The van der Waals surface area contributed by atoms with Crippen molar-refractivity contribution in [3.05, 3.63) is 24.3 Å². The first kappa shape index (κ1) is 79.7. The van der Waals surface area contributed by atoms with Gasteiger partial charge in [0.25, 0.3) is 0 Å². The Balaban J connectivity index is 0. The fraction of sp³-hybridized carbons (Fsp3) is 0.937. The molecule has 13 nitrogen and oxygen atoms in total. The maximum absolute atomic E-state index is 8.82. The molecule has 1 unspecified atom stereocenters. The number of nitrogens with zero attached hydrogens (tertiary/aromatic N) is 1. The van der Waals surface area contributed by atoms with Gasteiger partial charge in [0.15, 0.2) is 6.29 Å². The number of hydrogen-bond donors (Lipinski definition) is 3. The topological polar surface area (TPSA) is 133 Å². The summed E-state index contributed by atoms with van der Waals surface area (Å²) in [6.45, 7) is 15.1. The average molecular weight is 1160 g/mol. The molecule has 0 amide bonds. The third-order valence-electron chi connectivity index (χ3n) is 13.5. The van der Waals surface area contributed by atoms with Crippen molar-refractivity contribution < 1.29 is 62.1 Å². The molecule has 0 fully saturated rings. The summed E-state index contributed by atoms with van der Waals surface area (Å²) < 4.78 is 59.1. The molecule has 0 saturated heterocycles. The number of halogens is 1. The molecule has 0 aromatic rings. The smallest absolute Gasteiger partial charge is 0.157 e. The Morgan fingerprint density at radius 2 is 0.692 bits per heavy atom. The quantitative estimate of drug-likeness (QED) is 0.0176. The van der Waals surface area contributed by atoms with Crippen molar-refractivity contribution in [2.45, 2.75) is 232 Å². The molecular weight excluding hydrogens is 1030 g/mol. The predicted octanol–water partition coefficient (Wildman–Crippen LogP) is 14.6. The van der Waals surface area contributed by atoms with E-state index in [0.29, 0.717) is 99.1 Å². The Labute approximate surface area is 491 Å². The summed E-state index contributed by atoms with van der Waals surface area (Å²) in [5.41, 5.74) is 0. The van der Waals surface area contributed by atoms with E-state index in [0.717, 1.165) is 69.3 Å². The van der Waals surface area contributed by atoms with Gasteiger partial charge in [-0.05, 0) is 101 Å². The van der Waals surface area contributed by atoms with Crippen LogP contribution < -0.4 is 0 Å². The van der Waals surface area contributed by atoms with Gasteiger partial charge in [-0.25, -0.2) is 0 Å². The van der Waals surface area contributed by atoms with E-state index in [2.05, 4.69) is 74.8 Å². The second kappa shape index (κ2) is 70.9. The number of allylic oxidation sites excluding steroid dienone is 4. The minimum Gasteiger partial charge on any atom is -0.394 e. The minimum absolute atomic E-state index is 0.0145. The lowest BCUT2D eigenvalue weighted by Crippen LogP contribution is -2.48. The summed E-state index contributed by atoms with van der Waals surface area (Å²) in [4.78, 5) is 0. The molecule has 0 aliphatic rings. The Bertz CT molecular complexity index is 1120. The summed E-state index contributed by atoms with van der Waals surface area (Å²) in [6.07, 6.45) is 50.2. The molecule has 0 heterocycles. The summed E-state index contributed by atoms with van der Waals surface area (Å²) >= 11 is 3.00. The van der Waals surface area contributed by atoms with Gasteiger partial charge < -0.3 is 62.1 Å². The maximum Gasteiger partial charge on any atom is 0.157 e. The largest absolute Gasteiger partial charge is 0.394 e. The summed E-state index contributed by atoms with van der Waals surface area (Å²) in [6, 6.07) is 0. The van der Waals surface area contributed by atoms with E-state index in [1.165, 1.54) is 167 Å². The van der Waals surface area contributed by atoms with Crippen molar-refractivity contribution >= 4 is 22.5 Å². The SMILES string of the molecule is CCCCCCCC/C=C\CCCCCCCCOCC(C[N+](C)(C)CCCCCC(OCCOCCOCCOCCO)OCCOCCOCCOCCO)OCCCCCCCC/C=C\CCCCCCCC.SCl. The van der Waals surface area contributed by atoms with Crippen molar-refractivity contribution in [2.75, 3.05) is 153 Å². The van der Waals surface area contributed by atoms with Gasteiger partial charge in [-0.3, -0.25) is 0 Å². The summed E-state index contributed by atoms with van der Waals surface area (Å²) in [5.74, 6) is 0. The molecule has 0 aromatic heterocycles. The molecule has 0 saturated carbocycles. The highest BCUT2D eigenvalue weighted by Gasteiger charge is 2.23. The van der Waals surface area contributed by atoms with E-state index in [9.17, 15) is 0 Å². The highest BCUT2D eigenvalue weighted by molar-refractivity contribution is 8.05. The highest BCUT2D eigenvalue weighted by atomic mass is 35.7. The highest BCUT2D eigenvalue weighted by Crippen LogP contribution is 2.16. The van der Waals surface area contributed by atoms with E-state index >= 15 is 0 Å². The molecule has 1 atom stereocenters. The second-order valence-corrected chi connectivity index (χ2v) is 21.4. The van der Waals surface area contributed by atoms with Gasteiger partial charge in [-0.1, -0.05) is 166 Å². The molecule has 468 valence electrons. The van der Waals surface area contributed by atoms with Gasteiger partial charge in [0.1, 0.15) is 12.6 Å². The fourth-order valence-corrected chi connectivity index (χ4v) is 8.99. The fourth-order valence-electron chi connectivity index (χ4n) is 8.99.